The van der Waals surface area contributed by atoms with Crippen LogP contribution >= 0.6 is 11.6 Å². The highest BCUT2D eigenvalue weighted by Crippen LogP contribution is 2.19. The maximum Gasteiger partial charge on any atom is 0.422 e. The Hall–Kier alpha value is -2.88. The minimum atomic E-state index is -4.48. The van der Waals surface area contributed by atoms with Crippen molar-refractivity contribution in [2.45, 2.75) is 25.7 Å². The molecule has 1 aliphatic heterocycles. The van der Waals surface area contributed by atoms with Crippen molar-refractivity contribution in [2.75, 3.05) is 6.61 Å². The number of dihydropyridines is 1. The van der Waals surface area contributed by atoms with E-state index in [1.165, 1.54) is 29.2 Å². The van der Waals surface area contributed by atoms with Crippen molar-refractivity contribution in [1.29, 1.82) is 0 Å². The number of halogens is 4. The summed E-state index contributed by atoms with van der Waals surface area (Å²) in [6, 6.07) is 2.41. The van der Waals surface area contributed by atoms with Crippen LogP contribution in [0.2, 0.25) is 0 Å². The van der Waals surface area contributed by atoms with Gasteiger partial charge in [0.25, 0.3) is 5.56 Å². The van der Waals surface area contributed by atoms with Crippen LogP contribution in [0.15, 0.2) is 52.2 Å². The summed E-state index contributed by atoms with van der Waals surface area (Å²) < 4.78 is 42.2. The summed E-state index contributed by atoms with van der Waals surface area (Å²) in [5.41, 5.74) is 1.25. The van der Waals surface area contributed by atoms with Gasteiger partial charge in [-0.15, -0.1) is 0 Å². The van der Waals surface area contributed by atoms with Crippen LogP contribution in [0.1, 0.15) is 6.92 Å². The highest BCUT2D eigenvalue weighted by atomic mass is 35.5. The molecule has 0 bridgehead atoms. The molecule has 3 heterocycles. The summed E-state index contributed by atoms with van der Waals surface area (Å²) in [6.07, 6.45) is 1.59. The van der Waals surface area contributed by atoms with Crippen LogP contribution in [0.3, 0.4) is 0 Å². The molecule has 0 fully saturated rings. The van der Waals surface area contributed by atoms with Gasteiger partial charge in [-0.25, -0.2) is 14.6 Å². The SMILES string of the molecule is CC1NC=C(Cn2nc(-c3cnc(OCC(F)(F)F)nc3)ccc2=O)C=C1Cl. The number of rotatable bonds is 5. The fourth-order valence-corrected chi connectivity index (χ4v) is 2.51. The lowest BCUT2D eigenvalue weighted by atomic mass is 10.1. The lowest BCUT2D eigenvalue weighted by Gasteiger charge is -2.18. The van der Waals surface area contributed by atoms with Gasteiger partial charge in [-0.3, -0.25) is 4.79 Å². The molecule has 11 heteroatoms. The van der Waals surface area contributed by atoms with Crippen LogP contribution in [-0.2, 0) is 6.54 Å². The van der Waals surface area contributed by atoms with Crippen LogP contribution in [0, 0.1) is 0 Å². The first-order valence-corrected chi connectivity index (χ1v) is 8.51. The van der Waals surface area contributed by atoms with Gasteiger partial charge in [-0.2, -0.15) is 18.3 Å². The number of aromatic nitrogens is 4. The number of nitrogens with one attached hydrogen (secondary N) is 1. The number of allylic oxidation sites excluding steroid dienone is 2. The number of alkyl halides is 3. The molecule has 2 aromatic rings. The van der Waals surface area contributed by atoms with E-state index in [-0.39, 0.29) is 18.1 Å². The van der Waals surface area contributed by atoms with Gasteiger partial charge in [-0.1, -0.05) is 11.6 Å². The molecule has 0 aliphatic carbocycles. The van der Waals surface area contributed by atoms with E-state index < -0.39 is 18.8 Å². The Morgan fingerprint density at radius 2 is 2.00 bits per heavy atom. The largest absolute Gasteiger partial charge is 0.454 e. The molecule has 28 heavy (non-hydrogen) atoms. The van der Waals surface area contributed by atoms with E-state index in [1.807, 2.05) is 6.92 Å². The molecule has 0 saturated heterocycles. The monoisotopic (exact) mass is 413 g/mol. The topological polar surface area (TPSA) is 81.9 Å². The Morgan fingerprint density at radius 3 is 2.64 bits per heavy atom. The molecule has 0 amide bonds. The van der Waals surface area contributed by atoms with E-state index in [9.17, 15) is 18.0 Å². The molecular weight excluding hydrogens is 399 g/mol. The van der Waals surface area contributed by atoms with Crippen molar-refractivity contribution in [3.05, 3.63) is 57.8 Å². The Kier molecular flexibility index (Phi) is 5.68. The van der Waals surface area contributed by atoms with E-state index >= 15 is 0 Å². The molecule has 0 saturated carbocycles. The van der Waals surface area contributed by atoms with Gasteiger partial charge in [-0.05, 0) is 24.6 Å². The smallest absolute Gasteiger partial charge is 0.422 e. The van der Waals surface area contributed by atoms with Crippen molar-refractivity contribution < 1.29 is 17.9 Å². The Morgan fingerprint density at radius 1 is 1.29 bits per heavy atom. The second-order valence-corrected chi connectivity index (χ2v) is 6.45. The standard InChI is InChI=1S/C17H15ClF3N5O2/c1-10-13(18)4-11(5-22-10)8-26-15(27)3-2-14(25-26)12-6-23-16(24-7-12)28-9-17(19,20)21/h2-7,10,22H,8-9H2,1H3. The molecular formula is C17H15ClF3N5O2. The zero-order valence-corrected chi connectivity index (χ0v) is 15.3. The zero-order valence-electron chi connectivity index (χ0n) is 14.6. The summed E-state index contributed by atoms with van der Waals surface area (Å²) in [4.78, 5) is 19.6. The second-order valence-electron chi connectivity index (χ2n) is 6.01. The minimum Gasteiger partial charge on any atom is -0.454 e. The highest BCUT2D eigenvalue weighted by molar-refractivity contribution is 6.30. The normalized spacial score (nSPS) is 16.8. The number of hydrogen-bond acceptors (Lipinski definition) is 6. The summed E-state index contributed by atoms with van der Waals surface area (Å²) in [5.74, 6) is 0. The van der Waals surface area contributed by atoms with E-state index in [1.54, 1.807) is 12.3 Å². The lowest BCUT2D eigenvalue weighted by Crippen LogP contribution is -2.28. The Bertz CT molecular complexity index is 970. The van der Waals surface area contributed by atoms with Crippen LogP contribution in [0.5, 0.6) is 6.01 Å². The van der Waals surface area contributed by atoms with Gasteiger partial charge in [0.2, 0.25) is 0 Å². The van der Waals surface area contributed by atoms with Gasteiger partial charge < -0.3 is 10.1 Å². The average molecular weight is 414 g/mol. The predicted octanol–water partition coefficient (Wildman–Crippen LogP) is 2.64. The van der Waals surface area contributed by atoms with Gasteiger partial charge in [0.15, 0.2) is 6.61 Å². The van der Waals surface area contributed by atoms with Crippen LogP contribution in [0.4, 0.5) is 13.2 Å². The average Bonchev–Trinajstić information content (AvgIpc) is 2.65. The molecule has 148 valence electrons. The molecule has 0 aromatic carbocycles. The number of hydrogen-bond donors (Lipinski definition) is 1. The zero-order chi connectivity index (χ0) is 20.3. The van der Waals surface area contributed by atoms with E-state index in [0.717, 1.165) is 5.57 Å². The molecule has 3 rings (SSSR count). The van der Waals surface area contributed by atoms with Gasteiger partial charge in [0.1, 0.15) is 0 Å². The second kappa shape index (κ2) is 8.01. The molecule has 1 aliphatic rings. The van der Waals surface area contributed by atoms with Crippen molar-refractivity contribution in [2.24, 2.45) is 0 Å². The molecule has 1 unspecified atom stereocenters. The Balaban J connectivity index is 1.77. The van der Waals surface area contributed by atoms with Crippen molar-refractivity contribution >= 4 is 11.6 Å². The molecule has 2 aromatic heterocycles. The highest BCUT2D eigenvalue weighted by Gasteiger charge is 2.28. The number of nitrogens with zero attached hydrogens (tertiary/aromatic N) is 4. The van der Waals surface area contributed by atoms with Gasteiger partial charge >= 0.3 is 12.2 Å². The third-order valence-electron chi connectivity index (χ3n) is 3.74. The van der Waals surface area contributed by atoms with Crippen LogP contribution < -0.4 is 15.6 Å². The fraction of sp³-hybridized carbons (Fsp3) is 0.294. The van der Waals surface area contributed by atoms with E-state index in [4.69, 9.17) is 11.6 Å². The summed E-state index contributed by atoms with van der Waals surface area (Å²) in [5, 5.41) is 7.95. The Labute approximate surface area is 162 Å². The third kappa shape index (κ3) is 5.10. The third-order valence-corrected chi connectivity index (χ3v) is 4.18. The van der Waals surface area contributed by atoms with Crippen molar-refractivity contribution in [3.8, 4) is 17.3 Å². The molecule has 1 atom stereocenters. The van der Waals surface area contributed by atoms with Crippen molar-refractivity contribution in [3.63, 3.8) is 0 Å². The van der Waals surface area contributed by atoms with Crippen LogP contribution in [0.25, 0.3) is 11.3 Å². The minimum absolute atomic E-state index is 0.00309. The first-order chi connectivity index (χ1) is 13.2. The maximum absolute atomic E-state index is 12.2. The summed E-state index contributed by atoms with van der Waals surface area (Å²) in [6.45, 7) is 0.614. The van der Waals surface area contributed by atoms with Gasteiger partial charge in [0, 0.05) is 35.3 Å². The number of ether oxygens (including phenoxy) is 1. The molecule has 0 radical (unpaired) electrons. The molecule has 0 spiro atoms. The summed E-state index contributed by atoms with van der Waals surface area (Å²) >= 11 is 6.11. The van der Waals surface area contributed by atoms with E-state index in [2.05, 4.69) is 25.1 Å². The molecule has 1 N–H and O–H groups in total. The van der Waals surface area contributed by atoms with Crippen molar-refractivity contribution in [1.82, 2.24) is 25.1 Å². The predicted molar refractivity (Wildman–Crippen MR) is 95.7 cm³/mol. The van der Waals surface area contributed by atoms with Crippen LogP contribution in [-0.4, -0.2) is 38.6 Å². The first-order valence-electron chi connectivity index (χ1n) is 8.13. The fourth-order valence-electron chi connectivity index (χ4n) is 2.31. The maximum atomic E-state index is 12.2. The quantitative estimate of drug-likeness (QED) is 0.811. The lowest BCUT2D eigenvalue weighted by molar-refractivity contribution is -0.154. The molecule has 7 nitrogen and oxygen atoms in total. The van der Waals surface area contributed by atoms with E-state index in [0.29, 0.717) is 16.3 Å². The first kappa shape index (κ1) is 19.9. The van der Waals surface area contributed by atoms with Gasteiger partial charge in [0.05, 0.1) is 18.3 Å². The summed E-state index contributed by atoms with van der Waals surface area (Å²) in [7, 11) is 0.